The Balaban J connectivity index is 1.65. The van der Waals surface area contributed by atoms with Gasteiger partial charge in [-0.05, 0) is 21.9 Å². The van der Waals surface area contributed by atoms with Crippen LogP contribution in [0.4, 0.5) is 0 Å². The third kappa shape index (κ3) is 3.90. The van der Waals surface area contributed by atoms with Crippen LogP contribution in [0, 0.1) is 0 Å². The van der Waals surface area contributed by atoms with Gasteiger partial charge in [0.05, 0.1) is 0 Å². The third-order valence-corrected chi connectivity index (χ3v) is 5.59. The summed E-state index contributed by atoms with van der Waals surface area (Å²) in [5, 5.41) is 2.32. The molecule has 0 unspecified atom stereocenters. The van der Waals surface area contributed by atoms with Crippen molar-refractivity contribution in [3.8, 4) is 33.9 Å². The molecule has 0 saturated carbocycles. The van der Waals surface area contributed by atoms with E-state index < -0.39 is 0 Å². The van der Waals surface area contributed by atoms with Gasteiger partial charge in [0.2, 0.25) is 0 Å². The first-order valence-electron chi connectivity index (χ1n) is 10.9. The van der Waals surface area contributed by atoms with E-state index >= 15 is 0 Å². The lowest BCUT2D eigenvalue weighted by Gasteiger charge is -2.18. The lowest BCUT2D eigenvalue weighted by atomic mass is 9.95. The summed E-state index contributed by atoms with van der Waals surface area (Å²) in [6.45, 7) is 6.41. The molecule has 0 atom stereocenters. The zero-order valence-electron chi connectivity index (χ0n) is 18.6. The fourth-order valence-electron chi connectivity index (χ4n) is 3.82. The summed E-state index contributed by atoms with van der Waals surface area (Å²) in [5.41, 5.74) is 4.19. The smallest absolute Gasteiger partial charge is 0.164 e. The number of fused-ring (bicyclic) bond motifs is 1. The first-order chi connectivity index (χ1) is 15.5. The molecule has 1 heterocycles. The predicted molar refractivity (Wildman–Crippen MR) is 132 cm³/mol. The maximum Gasteiger partial charge on any atom is 0.164 e. The third-order valence-electron chi connectivity index (χ3n) is 5.59. The molecule has 0 aliphatic rings. The van der Waals surface area contributed by atoms with Gasteiger partial charge in [-0.25, -0.2) is 15.0 Å². The molecule has 0 spiro atoms. The number of hydrogen-bond donors (Lipinski definition) is 0. The van der Waals surface area contributed by atoms with E-state index in [1.165, 1.54) is 16.5 Å². The minimum atomic E-state index is -0.193. The van der Waals surface area contributed by atoms with Crippen molar-refractivity contribution in [3.05, 3.63) is 103 Å². The minimum Gasteiger partial charge on any atom is -0.212 e. The summed E-state index contributed by atoms with van der Waals surface area (Å²) < 4.78 is 0. The molecule has 156 valence electrons. The molecule has 0 N–H and O–H groups in total. The average molecular weight is 416 g/mol. The van der Waals surface area contributed by atoms with E-state index in [2.05, 4.69) is 112 Å². The van der Waals surface area contributed by atoms with Crippen LogP contribution >= 0.6 is 0 Å². The fourth-order valence-corrected chi connectivity index (χ4v) is 3.82. The fraction of sp³-hybridized carbons (Fsp3) is 0.138. The van der Waals surface area contributed by atoms with E-state index in [0.717, 1.165) is 22.3 Å². The highest BCUT2D eigenvalue weighted by Gasteiger charge is 2.21. The second-order valence-corrected chi connectivity index (χ2v) is 9.03. The van der Waals surface area contributed by atoms with Gasteiger partial charge in [0, 0.05) is 16.5 Å². The van der Waals surface area contributed by atoms with Crippen molar-refractivity contribution in [1.29, 1.82) is 0 Å². The Morgan fingerprint density at radius 2 is 1.09 bits per heavy atom. The molecule has 0 radical (unpaired) electrons. The van der Waals surface area contributed by atoms with Gasteiger partial charge in [-0.2, -0.15) is 0 Å². The number of benzene rings is 4. The van der Waals surface area contributed by atoms with Gasteiger partial charge in [-0.3, -0.25) is 0 Å². The number of hydrogen-bond acceptors (Lipinski definition) is 3. The molecule has 5 aromatic rings. The van der Waals surface area contributed by atoms with Crippen LogP contribution in [-0.2, 0) is 5.41 Å². The largest absolute Gasteiger partial charge is 0.212 e. The topological polar surface area (TPSA) is 38.7 Å². The quantitative estimate of drug-likeness (QED) is 0.310. The van der Waals surface area contributed by atoms with Crippen molar-refractivity contribution in [3.63, 3.8) is 0 Å². The van der Waals surface area contributed by atoms with Gasteiger partial charge in [0.1, 0.15) is 5.82 Å². The Bertz CT molecular complexity index is 1380. The number of rotatable bonds is 3. The van der Waals surface area contributed by atoms with Crippen LogP contribution in [-0.4, -0.2) is 15.0 Å². The predicted octanol–water partition coefficient (Wildman–Crippen LogP) is 7.32. The Labute approximate surface area is 188 Å². The van der Waals surface area contributed by atoms with Crippen molar-refractivity contribution < 1.29 is 0 Å². The summed E-state index contributed by atoms with van der Waals surface area (Å²) in [7, 11) is 0. The van der Waals surface area contributed by atoms with Crippen molar-refractivity contribution in [2.24, 2.45) is 0 Å². The number of aromatic nitrogens is 3. The molecule has 4 aromatic carbocycles. The molecule has 5 rings (SSSR count). The average Bonchev–Trinajstić information content (AvgIpc) is 2.83. The number of nitrogens with zero attached hydrogens (tertiary/aromatic N) is 3. The van der Waals surface area contributed by atoms with E-state index in [4.69, 9.17) is 15.0 Å². The zero-order chi connectivity index (χ0) is 22.1. The molecule has 32 heavy (non-hydrogen) atoms. The SMILES string of the molecule is CC(C)(C)c1nc(-c2ccc(-c3ccccc3)cc2)nc(-c2cccc3ccccc23)n1. The van der Waals surface area contributed by atoms with Crippen LogP contribution in [0.5, 0.6) is 0 Å². The van der Waals surface area contributed by atoms with E-state index in [9.17, 15) is 0 Å². The van der Waals surface area contributed by atoms with Crippen LogP contribution in [0.1, 0.15) is 26.6 Å². The summed E-state index contributed by atoms with van der Waals surface area (Å²) in [6.07, 6.45) is 0. The maximum absolute atomic E-state index is 4.92. The molecule has 3 heteroatoms. The van der Waals surface area contributed by atoms with E-state index in [1.54, 1.807) is 0 Å². The standard InChI is InChI=1S/C29H25N3/c1-29(2,3)28-31-26(23-18-16-21(17-19-23)20-10-5-4-6-11-20)30-27(32-28)25-15-9-13-22-12-7-8-14-24(22)25/h4-19H,1-3H3. The van der Waals surface area contributed by atoms with Crippen molar-refractivity contribution >= 4 is 10.8 Å². The van der Waals surface area contributed by atoms with Crippen molar-refractivity contribution in [2.75, 3.05) is 0 Å². The molecule has 0 fully saturated rings. The molecule has 0 amide bonds. The molecular weight excluding hydrogens is 390 g/mol. The Kier molecular flexibility index (Phi) is 5.02. The van der Waals surface area contributed by atoms with Crippen LogP contribution in [0.3, 0.4) is 0 Å². The second kappa shape index (κ2) is 8.01. The van der Waals surface area contributed by atoms with Crippen LogP contribution in [0.2, 0.25) is 0 Å². The highest BCUT2D eigenvalue weighted by molar-refractivity contribution is 5.95. The van der Waals surface area contributed by atoms with E-state index in [-0.39, 0.29) is 5.41 Å². The normalized spacial score (nSPS) is 11.6. The Morgan fingerprint density at radius 3 is 1.84 bits per heavy atom. The lowest BCUT2D eigenvalue weighted by molar-refractivity contribution is 0.543. The molecule has 1 aromatic heterocycles. The molecule has 0 aliphatic carbocycles. The second-order valence-electron chi connectivity index (χ2n) is 9.03. The van der Waals surface area contributed by atoms with Gasteiger partial charge in [0.25, 0.3) is 0 Å². The van der Waals surface area contributed by atoms with E-state index in [1.807, 2.05) is 6.07 Å². The van der Waals surface area contributed by atoms with Gasteiger partial charge < -0.3 is 0 Å². The summed E-state index contributed by atoms with van der Waals surface area (Å²) in [6, 6.07) is 33.5. The Morgan fingerprint density at radius 1 is 0.500 bits per heavy atom. The minimum absolute atomic E-state index is 0.193. The zero-order valence-corrected chi connectivity index (χ0v) is 18.6. The monoisotopic (exact) mass is 415 g/mol. The first kappa shape index (κ1) is 20.1. The molecule has 0 aliphatic heterocycles. The van der Waals surface area contributed by atoms with Gasteiger partial charge in [0.15, 0.2) is 11.6 Å². The molecule has 0 saturated heterocycles. The summed E-state index contributed by atoms with van der Waals surface area (Å²) in [4.78, 5) is 14.7. The van der Waals surface area contributed by atoms with Gasteiger partial charge in [-0.1, -0.05) is 118 Å². The van der Waals surface area contributed by atoms with Crippen LogP contribution < -0.4 is 0 Å². The summed E-state index contributed by atoms with van der Waals surface area (Å²) >= 11 is 0. The van der Waals surface area contributed by atoms with Gasteiger partial charge in [-0.15, -0.1) is 0 Å². The van der Waals surface area contributed by atoms with Crippen LogP contribution in [0.25, 0.3) is 44.7 Å². The summed E-state index contributed by atoms with van der Waals surface area (Å²) in [5.74, 6) is 2.20. The highest BCUT2D eigenvalue weighted by atomic mass is 15.0. The van der Waals surface area contributed by atoms with Crippen LogP contribution in [0.15, 0.2) is 97.1 Å². The first-order valence-corrected chi connectivity index (χ1v) is 10.9. The van der Waals surface area contributed by atoms with Gasteiger partial charge >= 0.3 is 0 Å². The van der Waals surface area contributed by atoms with E-state index in [0.29, 0.717) is 11.6 Å². The lowest BCUT2D eigenvalue weighted by Crippen LogP contribution is -2.18. The molecule has 3 nitrogen and oxygen atoms in total. The van der Waals surface area contributed by atoms with Crippen molar-refractivity contribution in [2.45, 2.75) is 26.2 Å². The Hall–Kier alpha value is -3.85. The molecule has 0 bridgehead atoms. The van der Waals surface area contributed by atoms with Crippen molar-refractivity contribution in [1.82, 2.24) is 15.0 Å². The molecular formula is C29H25N3. The maximum atomic E-state index is 4.92. The highest BCUT2D eigenvalue weighted by Crippen LogP contribution is 2.30.